The van der Waals surface area contributed by atoms with E-state index < -0.39 is 6.10 Å². The van der Waals surface area contributed by atoms with Crippen LogP contribution in [0.15, 0.2) is 18.2 Å². The third-order valence-corrected chi connectivity index (χ3v) is 5.13. The van der Waals surface area contributed by atoms with E-state index in [1.807, 2.05) is 13.0 Å². The molecule has 0 spiro atoms. The molecule has 0 radical (unpaired) electrons. The minimum Gasteiger partial charge on any atom is -0.491 e. The maximum atomic E-state index is 10.1. The average molecular weight is 289 g/mol. The molecule has 4 unspecified atom stereocenters. The first-order valence-electron chi connectivity index (χ1n) is 8.23. The van der Waals surface area contributed by atoms with Gasteiger partial charge in [0.25, 0.3) is 0 Å². The SMILES string of the molecule is Cc1ccc(C)c(OCC(O)CNC2CC3CCC2C3)c1. The molecule has 1 aromatic rings. The summed E-state index contributed by atoms with van der Waals surface area (Å²) < 4.78 is 5.77. The molecule has 2 aliphatic carbocycles. The molecule has 3 heteroatoms. The Kier molecular flexibility index (Phi) is 4.51. The van der Waals surface area contributed by atoms with Crippen LogP contribution < -0.4 is 10.1 Å². The van der Waals surface area contributed by atoms with Gasteiger partial charge < -0.3 is 15.2 Å². The van der Waals surface area contributed by atoms with Crippen molar-refractivity contribution in [1.29, 1.82) is 0 Å². The monoisotopic (exact) mass is 289 g/mol. The van der Waals surface area contributed by atoms with Crippen molar-refractivity contribution in [2.24, 2.45) is 11.8 Å². The highest BCUT2D eigenvalue weighted by Gasteiger charge is 2.39. The van der Waals surface area contributed by atoms with Crippen molar-refractivity contribution >= 4 is 0 Å². The van der Waals surface area contributed by atoms with Gasteiger partial charge in [-0.3, -0.25) is 0 Å². The van der Waals surface area contributed by atoms with Crippen molar-refractivity contribution < 1.29 is 9.84 Å². The summed E-state index contributed by atoms with van der Waals surface area (Å²) in [6, 6.07) is 6.80. The number of rotatable bonds is 6. The number of aliphatic hydroxyl groups is 1. The summed E-state index contributed by atoms with van der Waals surface area (Å²) in [6.45, 7) is 5.09. The molecule has 2 aliphatic rings. The molecule has 0 aliphatic heterocycles. The van der Waals surface area contributed by atoms with E-state index in [0.717, 1.165) is 23.1 Å². The first kappa shape index (κ1) is 14.9. The van der Waals surface area contributed by atoms with Crippen molar-refractivity contribution in [2.45, 2.75) is 51.7 Å². The molecule has 0 aromatic heterocycles. The minimum atomic E-state index is -0.441. The molecule has 0 amide bonds. The van der Waals surface area contributed by atoms with E-state index in [2.05, 4.69) is 24.4 Å². The number of aliphatic hydroxyl groups excluding tert-OH is 1. The van der Waals surface area contributed by atoms with Gasteiger partial charge in [-0.1, -0.05) is 18.6 Å². The number of hydrogen-bond donors (Lipinski definition) is 2. The molecule has 3 nitrogen and oxygen atoms in total. The average Bonchev–Trinajstić information content (AvgIpc) is 3.08. The van der Waals surface area contributed by atoms with Crippen molar-refractivity contribution in [3.8, 4) is 5.75 Å². The third kappa shape index (κ3) is 3.58. The summed E-state index contributed by atoms with van der Waals surface area (Å²) in [5, 5.41) is 13.7. The van der Waals surface area contributed by atoms with Crippen molar-refractivity contribution in [1.82, 2.24) is 5.32 Å². The van der Waals surface area contributed by atoms with E-state index >= 15 is 0 Å². The lowest BCUT2D eigenvalue weighted by molar-refractivity contribution is 0.100. The first-order chi connectivity index (χ1) is 10.1. The van der Waals surface area contributed by atoms with Crippen molar-refractivity contribution in [3.05, 3.63) is 29.3 Å². The number of aryl methyl sites for hydroxylation is 2. The topological polar surface area (TPSA) is 41.5 Å². The van der Waals surface area contributed by atoms with Gasteiger partial charge in [0.05, 0.1) is 0 Å². The number of ether oxygens (including phenoxy) is 1. The smallest absolute Gasteiger partial charge is 0.122 e. The van der Waals surface area contributed by atoms with Gasteiger partial charge in [0, 0.05) is 12.6 Å². The lowest BCUT2D eigenvalue weighted by atomic mass is 9.95. The molecule has 2 N–H and O–H groups in total. The predicted octanol–water partition coefficient (Wildman–Crippen LogP) is 2.82. The quantitative estimate of drug-likeness (QED) is 0.846. The Hall–Kier alpha value is -1.06. The minimum absolute atomic E-state index is 0.359. The Morgan fingerprint density at radius 3 is 2.86 bits per heavy atom. The Balaban J connectivity index is 1.42. The summed E-state index contributed by atoms with van der Waals surface area (Å²) in [6.07, 6.45) is 5.05. The van der Waals surface area contributed by atoms with Crippen molar-refractivity contribution in [2.75, 3.05) is 13.2 Å². The number of hydrogen-bond acceptors (Lipinski definition) is 3. The van der Waals surface area contributed by atoms with Gasteiger partial charge in [-0.15, -0.1) is 0 Å². The Bertz CT molecular complexity index is 488. The van der Waals surface area contributed by atoms with Crippen LogP contribution in [0.5, 0.6) is 5.75 Å². The molecule has 116 valence electrons. The van der Waals surface area contributed by atoms with Crippen LogP contribution in [0.2, 0.25) is 0 Å². The molecule has 1 aromatic carbocycles. The summed E-state index contributed by atoms with van der Waals surface area (Å²) in [7, 11) is 0. The van der Waals surface area contributed by atoms with Crippen LogP contribution in [-0.2, 0) is 0 Å². The highest BCUT2D eigenvalue weighted by atomic mass is 16.5. The van der Waals surface area contributed by atoms with Gasteiger partial charge in [-0.2, -0.15) is 0 Å². The maximum Gasteiger partial charge on any atom is 0.122 e. The Labute approximate surface area is 127 Å². The number of fused-ring (bicyclic) bond motifs is 2. The largest absolute Gasteiger partial charge is 0.491 e. The zero-order valence-electron chi connectivity index (χ0n) is 13.1. The van der Waals surface area contributed by atoms with Gasteiger partial charge >= 0.3 is 0 Å². The Morgan fingerprint density at radius 1 is 1.29 bits per heavy atom. The van der Waals surface area contributed by atoms with Crippen LogP contribution in [0.25, 0.3) is 0 Å². The van der Waals surface area contributed by atoms with Crippen LogP contribution in [-0.4, -0.2) is 30.4 Å². The second kappa shape index (κ2) is 6.37. The summed E-state index contributed by atoms with van der Waals surface area (Å²) in [5.74, 6) is 2.67. The van der Waals surface area contributed by atoms with E-state index in [9.17, 15) is 5.11 Å². The molecule has 2 saturated carbocycles. The second-order valence-electron chi connectivity index (χ2n) is 6.92. The third-order valence-electron chi connectivity index (χ3n) is 5.13. The highest BCUT2D eigenvalue weighted by molar-refractivity contribution is 5.35. The number of nitrogens with one attached hydrogen (secondary N) is 1. The molecule has 2 fully saturated rings. The molecule has 0 heterocycles. The molecule has 0 saturated heterocycles. The fraction of sp³-hybridized carbons (Fsp3) is 0.667. The van der Waals surface area contributed by atoms with E-state index in [4.69, 9.17) is 4.74 Å². The van der Waals surface area contributed by atoms with Gasteiger partial charge in [-0.25, -0.2) is 0 Å². The molecule has 3 rings (SSSR count). The van der Waals surface area contributed by atoms with Crippen LogP contribution in [0.3, 0.4) is 0 Å². The van der Waals surface area contributed by atoms with Crippen LogP contribution in [0.1, 0.15) is 36.8 Å². The highest BCUT2D eigenvalue weighted by Crippen LogP contribution is 2.44. The summed E-state index contributed by atoms with van der Waals surface area (Å²) in [4.78, 5) is 0. The summed E-state index contributed by atoms with van der Waals surface area (Å²) in [5.41, 5.74) is 2.30. The number of benzene rings is 1. The maximum absolute atomic E-state index is 10.1. The first-order valence-corrected chi connectivity index (χ1v) is 8.23. The van der Waals surface area contributed by atoms with E-state index in [-0.39, 0.29) is 0 Å². The van der Waals surface area contributed by atoms with Crippen LogP contribution in [0, 0.1) is 25.7 Å². The molecular weight excluding hydrogens is 262 g/mol. The van der Waals surface area contributed by atoms with E-state index in [1.54, 1.807) is 0 Å². The fourth-order valence-electron chi connectivity index (χ4n) is 3.89. The van der Waals surface area contributed by atoms with Gasteiger partial charge in [0.1, 0.15) is 18.5 Å². The fourth-order valence-corrected chi connectivity index (χ4v) is 3.89. The summed E-state index contributed by atoms with van der Waals surface area (Å²) >= 11 is 0. The molecular formula is C18H27NO2. The van der Waals surface area contributed by atoms with Crippen molar-refractivity contribution in [3.63, 3.8) is 0 Å². The normalized spacial score (nSPS) is 28.8. The zero-order valence-corrected chi connectivity index (χ0v) is 13.1. The lowest BCUT2D eigenvalue weighted by Crippen LogP contribution is -2.40. The predicted molar refractivity (Wildman–Crippen MR) is 84.7 cm³/mol. The second-order valence-corrected chi connectivity index (χ2v) is 6.92. The van der Waals surface area contributed by atoms with Gasteiger partial charge in [0.2, 0.25) is 0 Å². The zero-order chi connectivity index (χ0) is 14.8. The van der Waals surface area contributed by atoms with Crippen LogP contribution in [0.4, 0.5) is 0 Å². The van der Waals surface area contributed by atoms with Gasteiger partial charge in [0.15, 0.2) is 0 Å². The standard InChI is InChI=1S/C18H27NO2/c1-12-3-4-13(2)18(7-12)21-11-16(20)10-19-17-9-14-5-6-15(17)8-14/h3-4,7,14-17,19-20H,5-6,8-11H2,1-2H3. The molecule has 21 heavy (non-hydrogen) atoms. The molecule has 2 bridgehead atoms. The molecule has 4 atom stereocenters. The van der Waals surface area contributed by atoms with E-state index in [0.29, 0.717) is 19.2 Å². The lowest BCUT2D eigenvalue weighted by Gasteiger charge is -2.24. The Morgan fingerprint density at radius 2 is 2.14 bits per heavy atom. The van der Waals surface area contributed by atoms with Crippen LogP contribution >= 0.6 is 0 Å². The van der Waals surface area contributed by atoms with E-state index in [1.165, 1.54) is 31.2 Å². The van der Waals surface area contributed by atoms with Gasteiger partial charge in [-0.05, 0) is 62.1 Å².